The summed E-state index contributed by atoms with van der Waals surface area (Å²) < 4.78 is 6.09. The van der Waals surface area contributed by atoms with Crippen molar-refractivity contribution in [2.75, 3.05) is 0 Å². The number of hydrogen-bond acceptors (Lipinski definition) is 1. The van der Waals surface area contributed by atoms with Crippen LogP contribution >= 0.6 is 11.1 Å². The van der Waals surface area contributed by atoms with Gasteiger partial charge in [0.25, 0.3) is 7.63 Å². The highest BCUT2D eigenvalue weighted by Crippen LogP contribution is 2.25. The third-order valence-corrected chi connectivity index (χ3v) is 22.3. The van der Waals surface area contributed by atoms with E-state index in [1.54, 1.807) is 0 Å². The summed E-state index contributed by atoms with van der Waals surface area (Å²) in [6.45, 7) is 15.8. The molecule has 0 aliphatic rings. The Bertz CT molecular complexity index is 157. The molecule has 0 aliphatic carbocycles. The highest BCUT2D eigenvalue weighted by Gasteiger charge is 2.42. The van der Waals surface area contributed by atoms with Gasteiger partial charge in [-0.25, -0.2) is 0 Å². The van der Waals surface area contributed by atoms with Crippen molar-refractivity contribution in [1.82, 2.24) is 0 Å². The molecule has 1 nitrogen and oxygen atoms in total. The lowest BCUT2D eigenvalue weighted by Crippen LogP contribution is -2.58. The molecule has 0 unspecified atom stereocenters. The summed E-state index contributed by atoms with van der Waals surface area (Å²) in [6.07, 6.45) is 0. The zero-order valence-electron chi connectivity index (χ0n) is 9.29. The standard InChI is InChI=1S/C7H21ClOSi3/c1-10(2,3)12(6,7)9-11(4,5)8/h1-7H3. The Kier molecular flexibility index (Phi) is 3.84. The van der Waals surface area contributed by atoms with Gasteiger partial charge in [0.15, 0.2) is 7.83 Å². The molecule has 0 amide bonds. The summed E-state index contributed by atoms with van der Waals surface area (Å²) in [4.78, 5) is 0. The Morgan fingerprint density at radius 1 is 0.833 bits per heavy atom. The fraction of sp³-hybridized carbons (Fsp3) is 1.00. The van der Waals surface area contributed by atoms with E-state index in [0.717, 1.165) is 0 Å². The van der Waals surface area contributed by atoms with E-state index < -0.39 is 23.1 Å². The van der Waals surface area contributed by atoms with Crippen molar-refractivity contribution in [2.24, 2.45) is 0 Å². The maximum Gasteiger partial charge on any atom is 0.273 e. The van der Waals surface area contributed by atoms with Crippen LogP contribution in [-0.2, 0) is 4.12 Å². The largest absolute Gasteiger partial charge is 0.447 e. The molecule has 5 heteroatoms. The first-order chi connectivity index (χ1) is 4.96. The van der Waals surface area contributed by atoms with Gasteiger partial charge in [-0.1, -0.05) is 19.6 Å². The SMILES string of the molecule is C[Si](C)(Cl)O[Si](C)(C)[Si](C)(C)C. The molecule has 0 fully saturated rings. The predicted octanol–water partition coefficient (Wildman–Crippen LogP) is 3.57. The molecule has 0 aromatic heterocycles. The molecule has 0 spiro atoms. The van der Waals surface area contributed by atoms with Crippen molar-refractivity contribution in [2.45, 2.75) is 45.8 Å². The maximum absolute atomic E-state index is 6.20. The second-order valence-corrected chi connectivity index (χ2v) is 27.1. The van der Waals surface area contributed by atoms with Crippen molar-refractivity contribution in [3.05, 3.63) is 0 Å². The van der Waals surface area contributed by atoms with E-state index in [0.29, 0.717) is 0 Å². The third kappa shape index (κ3) is 4.23. The lowest BCUT2D eigenvalue weighted by molar-refractivity contribution is 0.585. The second-order valence-electron chi connectivity index (χ2n) is 5.23. The molecular formula is C7H21ClOSi3. The topological polar surface area (TPSA) is 9.23 Å². The number of rotatable bonds is 3. The molecule has 0 heterocycles. The van der Waals surface area contributed by atoms with Gasteiger partial charge in [-0.05, 0) is 26.2 Å². The predicted molar refractivity (Wildman–Crippen MR) is 65.2 cm³/mol. The van der Waals surface area contributed by atoms with Crippen LogP contribution in [0.15, 0.2) is 0 Å². The second kappa shape index (κ2) is 3.57. The van der Waals surface area contributed by atoms with Crippen LogP contribution < -0.4 is 0 Å². The Balaban J connectivity index is 4.44. The average molecular weight is 241 g/mol. The summed E-state index contributed by atoms with van der Waals surface area (Å²) in [5.41, 5.74) is 0. The van der Waals surface area contributed by atoms with Crippen LogP contribution in [-0.4, -0.2) is 23.1 Å². The van der Waals surface area contributed by atoms with Gasteiger partial charge in [-0.15, -0.1) is 11.1 Å². The molecule has 0 bridgehead atoms. The van der Waals surface area contributed by atoms with Gasteiger partial charge < -0.3 is 4.12 Å². The van der Waals surface area contributed by atoms with Gasteiger partial charge in [0.2, 0.25) is 0 Å². The molecule has 0 saturated carbocycles. The summed E-state index contributed by atoms with van der Waals surface area (Å²) in [7, 11) is -4.43. The molecule has 0 saturated heterocycles. The van der Waals surface area contributed by atoms with Gasteiger partial charge in [-0.2, -0.15) is 0 Å². The molecule has 0 rings (SSSR count). The minimum absolute atomic E-state index is 1.13. The Morgan fingerprint density at radius 3 is 1.25 bits per heavy atom. The Labute approximate surface area is 84.2 Å². The minimum Gasteiger partial charge on any atom is -0.447 e. The molecule has 12 heavy (non-hydrogen) atoms. The van der Waals surface area contributed by atoms with Gasteiger partial charge in [0, 0.05) is 0 Å². The first kappa shape index (κ1) is 12.9. The molecule has 0 N–H and O–H groups in total. The zero-order chi connectivity index (χ0) is 10.2. The molecular weight excluding hydrogens is 220 g/mol. The van der Waals surface area contributed by atoms with Crippen molar-refractivity contribution in [1.29, 1.82) is 0 Å². The lowest BCUT2D eigenvalue weighted by Gasteiger charge is -2.38. The summed E-state index contributed by atoms with van der Waals surface area (Å²) in [6, 6.07) is 0. The monoisotopic (exact) mass is 240 g/mol. The fourth-order valence-corrected chi connectivity index (χ4v) is 14.2. The smallest absolute Gasteiger partial charge is 0.273 e. The molecule has 74 valence electrons. The molecule has 0 aromatic carbocycles. The number of halogens is 1. The average Bonchev–Trinajstić information content (AvgIpc) is 1.52. The third-order valence-electron chi connectivity index (χ3n) is 2.30. The van der Waals surface area contributed by atoms with Crippen LogP contribution in [0, 0.1) is 0 Å². The molecule has 0 aromatic rings. The van der Waals surface area contributed by atoms with E-state index >= 15 is 0 Å². The van der Waals surface area contributed by atoms with Crippen LogP contribution in [0.2, 0.25) is 45.8 Å². The van der Waals surface area contributed by atoms with Gasteiger partial charge >= 0.3 is 0 Å². The Hall–Kier alpha value is 0.901. The van der Waals surface area contributed by atoms with Crippen LogP contribution in [0.4, 0.5) is 0 Å². The summed E-state index contributed by atoms with van der Waals surface area (Å²) in [5.74, 6) is 0. The van der Waals surface area contributed by atoms with Crippen molar-refractivity contribution >= 4 is 34.1 Å². The van der Waals surface area contributed by atoms with E-state index in [1.807, 2.05) is 0 Å². The van der Waals surface area contributed by atoms with E-state index in [4.69, 9.17) is 15.2 Å². The maximum atomic E-state index is 6.20. The van der Waals surface area contributed by atoms with Gasteiger partial charge in [0.1, 0.15) is 0 Å². The van der Waals surface area contributed by atoms with E-state index in [2.05, 4.69) is 45.8 Å². The lowest BCUT2D eigenvalue weighted by atomic mass is 11.8. The van der Waals surface area contributed by atoms with E-state index in [1.165, 1.54) is 0 Å². The summed E-state index contributed by atoms with van der Waals surface area (Å²) in [5, 5.41) is 0. The normalized spacial score (nSPS) is 15.0. The van der Waals surface area contributed by atoms with Crippen molar-refractivity contribution in [3.63, 3.8) is 0 Å². The van der Waals surface area contributed by atoms with Crippen molar-refractivity contribution < 1.29 is 4.12 Å². The summed E-state index contributed by atoms with van der Waals surface area (Å²) >= 11 is 6.20. The van der Waals surface area contributed by atoms with Crippen LogP contribution in [0.5, 0.6) is 0 Å². The Morgan fingerprint density at radius 2 is 1.17 bits per heavy atom. The molecule has 0 atom stereocenters. The zero-order valence-corrected chi connectivity index (χ0v) is 13.0. The fourth-order valence-electron chi connectivity index (χ4n) is 0.760. The van der Waals surface area contributed by atoms with E-state index in [-0.39, 0.29) is 0 Å². The van der Waals surface area contributed by atoms with Crippen LogP contribution in [0.1, 0.15) is 0 Å². The van der Waals surface area contributed by atoms with Gasteiger partial charge in [-0.3, -0.25) is 0 Å². The minimum atomic E-state index is -1.83. The van der Waals surface area contributed by atoms with Crippen LogP contribution in [0.3, 0.4) is 0 Å². The highest BCUT2D eigenvalue weighted by atomic mass is 35.6. The quantitative estimate of drug-likeness (QED) is 0.542. The van der Waals surface area contributed by atoms with Crippen molar-refractivity contribution in [3.8, 4) is 0 Å². The van der Waals surface area contributed by atoms with Crippen LogP contribution in [0.25, 0.3) is 0 Å². The van der Waals surface area contributed by atoms with Gasteiger partial charge in [0.05, 0.1) is 7.59 Å². The first-order valence-electron chi connectivity index (χ1n) is 4.35. The number of hydrogen-bond donors (Lipinski definition) is 0. The highest BCUT2D eigenvalue weighted by molar-refractivity contribution is 7.40. The molecule has 0 radical (unpaired) electrons. The van der Waals surface area contributed by atoms with E-state index in [9.17, 15) is 0 Å². The molecule has 0 aliphatic heterocycles. The first-order valence-corrected chi connectivity index (χ1v) is 15.7.